The number of primary sulfonamides is 1. The molecule has 0 unspecified atom stereocenters. The molecule has 45 heavy (non-hydrogen) atoms. The van der Waals surface area contributed by atoms with Gasteiger partial charge in [-0.25, -0.2) is 18.5 Å². The molecule has 0 aliphatic heterocycles. The number of methoxy groups -OCH3 is 1. The van der Waals surface area contributed by atoms with E-state index in [1.165, 1.54) is 5.56 Å². The van der Waals surface area contributed by atoms with Crippen molar-refractivity contribution < 1.29 is 13.2 Å². The van der Waals surface area contributed by atoms with E-state index < -0.39 is 10.0 Å². The zero-order valence-electron chi connectivity index (χ0n) is 26.5. The molecule has 0 saturated carbocycles. The summed E-state index contributed by atoms with van der Waals surface area (Å²) in [5, 5.41) is 5.39. The monoisotopic (exact) mass is 622 g/mol. The van der Waals surface area contributed by atoms with Gasteiger partial charge in [0.05, 0.1) is 23.4 Å². The van der Waals surface area contributed by atoms with E-state index in [1.54, 1.807) is 19.2 Å². The van der Waals surface area contributed by atoms with Gasteiger partial charge in [0.2, 0.25) is 10.0 Å². The van der Waals surface area contributed by atoms with Gasteiger partial charge in [-0.3, -0.25) is 4.90 Å². The van der Waals surface area contributed by atoms with Gasteiger partial charge in [-0.15, -0.1) is 0 Å². The number of hydrogen-bond acceptors (Lipinski definition) is 5. The van der Waals surface area contributed by atoms with E-state index in [0.29, 0.717) is 19.6 Å². The van der Waals surface area contributed by atoms with Crippen LogP contribution in [-0.4, -0.2) is 30.0 Å². The molecule has 4 aromatic carbocycles. The lowest BCUT2D eigenvalue weighted by atomic mass is 10.0. The molecule has 0 amide bonds. The molecule has 0 atom stereocenters. The number of unbranched alkanes of at least 4 members (excludes halogenated alkanes) is 1. The maximum absolute atomic E-state index is 11.9. The lowest BCUT2D eigenvalue weighted by molar-refractivity contribution is 0.241. The van der Waals surface area contributed by atoms with Crippen molar-refractivity contribution in [2.75, 3.05) is 7.11 Å². The Kier molecular flexibility index (Phi) is 10.2. The molecule has 0 aliphatic rings. The summed E-state index contributed by atoms with van der Waals surface area (Å²) in [6.45, 7) is 9.13. The van der Waals surface area contributed by atoms with Gasteiger partial charge in [0.25, 0.3) is 0 Å². The molecule has 8 heteroatoms. The first kappa shape index (κ1) is 32.2. The minimum atomic E-state index is -3.77. The van der Waals surface area contributed by atoms with Crippen LogP contribution in [0.5, 0.6) is 5.75 Å². The van der Waals surface area contributed by atoms with Crippen LogP contribution in [0, 0.1) is 13.8 Å². The number of nitrogens with zero attached hydrogens (tertiary/aromatic N) is 3. The molecule has 5 aromatic rings. The highest BCUT2D eigenvalue weighted by molar-refractivity contribution is 7.89. The van der Waals surface area contributed by atoms with Crippen LogP contribution >= 0.6 is 0 Å². The van der Waals surface area contributed by atoms with Gasteiger partial charge < -0.3 is 9.30 Å². The molecule has 0 fully saturated rings. The van der Waals surface area contributed by atoms with Crippen LogP contribution in [0.2, 0.25) is 0 Å². The van der Waals surface area contributed by atoms with Crippen molar-refractivity contribution in [2.24, 2.45) is 5.14 Å². The molecule has 2 N–H and O–H groups in total. The van der Waals surface area contributed by atoms with Crippen molar-refractivity contribution in [2.45, 2.75) is 64.7 Å². The van der Waals surface area contributed by atoms with Crippen molar-refractivity contribution in [3.63, 3.8) is 0 Å². The Labute approximate surface area is 267 Å². The first-order valence-corrected chi connectivity index (χ1v) is 16.9. The molecule has 234 valence electrons. The molecule has 0 aliphatic carbocycles. The lowest BCUT2D eigenvalue weighted by Gasteiger charge is -2.25. The maximum atomic E-state index is 11.9. The molecule has 5 rings (SSSR count). The van der Waals surface area contributed by atoms with Gasteiger partial charge in [0.1, 0.15) is 11.6 Å². The molecule has 0 bridgehead atoms. The van der Waals surface area contributed by atoms with E-state index in [9.17, 15) is 8.42 Å². The smallest absolute Gasteiger partial charge is 0.238 e. The van der Waals surface area contributed by atoms with Gasteiger partial charge >= 0.3 is 0 Å². The van der Waals surface area contributed by atoms with Gasteiger partial charge in [-0.2, -0.15) is 0 Å². The molecule has 1 aromatic heterocycles. The van der Waals surface area contributed by atoms with Gasteiger partial charge in [0.15, 0.2) is 0 Å². The normalized spacial score (nSPS) is 11.7. The van der Waals surface area contributed by atoms with Gasteiger partial charge in [0, 0.05) is 37.3 Å². The SMILES string of the molecule is CCCCn1c(-c2ccccc2)nc(-c2ccccc2)c1CN(Cc1ccc(S(N)(=O)=O)cc1)Cc1cc(C)c(OC)c(C)c1. The Morgan fingerprint density at radius 3 is 1.93 bits per heavy atom. The molecular weight excluding hydrogens is 580 g/mol. The van der Waals surface area contributed by atoms with Crippen molar-refractivity contribution in [1.29, 1.82) is 0 Å². The third-order valence-corrected chi connectivity index (χ3v) is 8.98. The average molecular weight is 623 g/mol. The average Bonchev–Trinajstić information content (AvgIpc) is 3.38. The van der Waals surface area contributed by atoms with Crippen molar-refractivity contribution in [1.82, 2.24) is 14.5 Å². The third kappa shape index (κ3) is 7.71. The fourth-order valence-electron chi connectivity index (χ4n) is 5.97. The molecule has 0 radical (unpaired) electrons. The van der Waals surface area contributed by atoms with Crippen molar-refractivity contribution in [3.8, 4) is 28.4 Å². The van der Waals surface area contributed by atoms with Crippen LogP contribution in [0.4, 0.5) is 0 Å². The summed E-state index contributed by atoms with van der Waals surface area (Å²) in [7, 11) is -2.07. The largest absolute Gasteiger partial charge is 0.496 e. The first-order valence-electron chi connectivity index (χ1n) is 15.4. The Hall–Kier alpha value is -4.24. The number of sulfonamides is 1. The summed E-state index contributed by atoms with van der Waals surface area (Å²) in [6.07, 6.45) is 2.10. The summed E-state index contributed by atoms with van der Waals surface area (Å²) in [5.74, 6) is 1.87. The predicted molar refractivity (Wildman–Crippen MR) is 181 cm³/mol. The van der Waals surface area contributed by atoms with Crippen molar-refractivity contribution in [3.05, 3.63) is 125 Å². The summed E-state index contributed by atoms with van der Waals surface area (Å²) in [6, 6.07) is 32.0. The molecular formula is C37H42N4O3S. The quantitative estimate of drug-likeness (QED) is 0.147. The standard InChI is InChI=1S/C37H42N4O3S/c1-5-6-21-41-34(35(31-13-9-7-10-14-31)39-37(41)32-15-11-8-12-16-32)26-40(24-29-17-19-33(20-18-29)45(38,42)43)25-30-22-27(2)36(44-4)28(3)23-30/h7-20,22-23H,5-6,21,24-26H2,1-4H3,(H2,38,42,43). The second-order valence-corrected chi connectivity index (χ2v) is 13.1. The Morgan fingerprint density at radius 2 is 1.38 bits per heavy atom. The molecule has 1 heterocycles. The number of imidazole rings is 1. The highest BCUT2D eigenvalue weighted by atomic mass is 32.2. The van der Waals surface area contributed by atoms with E-state index in [1.807, 2.05) is 24.3 Å². The zero-order chi connectivity index (χ0) is 32.0. The second-order valence-electron chi connectivity index (χ2n) is 11.6. The van der Waals surface area contributed by atoms with Crippen LogP contribution in [0.15, 0.2) is 102 Å². The number of nitrogens with two attached hydrogens (primary N) is 1. The van der Waals surface area contributed by atoms with E-state index in [4.69, 9.17) is 14.9 Å². The summed E-state index contributed by atoms with van der Waals surface area (Å²) < 4.78 is 31.9. The Balaban J connectivity index is 1.62. The minimum Gasteiger partial charge on any atom is -0.496 e. The van der Waals surface area contributed by atoms with E-state index in [-0.39, 0.29) is 4.90 Å². The first-order chi connectivity index (χ1) is 21.7. The number of benzene rings is 4. The van der Waals surface area contributed by atoms with E-state index in [2.05, 4.69) is 90.9 Å². The molecule has 0 saturated heterocycles. The minimum absolute atomic E-state index is 0.107. The van der Waals surface area contributed by atoms with E-state index in [0.717, 1.165) is 70.2 Å². The number of rotatable bonds is 13. The van der Waals surface area contributed by atoms with Gasteiger partial charge in [-0.1, -0.05) is 98.3 Å². The van der Waals surface area contributed by atoms with Crippen LogP contribution in [0.25, 0.3) is 22.6 Å². The molecule has 0 spiro atoms. The highest BCUT2D eigenvalue weighted by Crippen LogP contribution is 2.32. The number of aryl methyl sites for hydroxylation is 2. The zero-order valence-corrected chi connectivity index (χ0v) is 27.3. The summed E-state index contributed by atoms with van der Waals surface area (Å²) >= 11 is 0. The fourth-order valence-corrected chi connectivity index (χ4v) is 6.49. The van der Waals surface area contributed by atoms with Crippen molar-refractivity contribution >= 4 is 10.0 Å². The highest BCUT2D eigenvalue weighted by Gasteiger charge is 2.23. The Morgan fingerprint density at radius 1 is 0.800 bits per heavy atom. The number of hydrogen-bond donors (Lipinski definition) is 1. The van der Waals surface area contributed by atoms with E-state index >= 15 is 0 Å². The van der Waals surface area contributed by atoms with Crippen LogP contribution in [-0.2, 0) is 36.2 Å². The summed E-state index contributed by atoms with van der Waals surface area (Å²) in [5.41, 5.74) is 8.64. The van der Waals surface area contributed by atoms with Crippen LogP contribution < -0.4 is 9.88 Å². The van der Waals surface area contributed by atoms with Crippen LogP contribution in [0.3, 0.4) is 0 Å². The Bertz CT molecular complexity index is 1810. The number of aromatic nitrogens is 2. The molecule has 7 nitrogen and oxygen atoms in total. The lowest BCUT2D eigenvalue weighted by Crippen LogP contribution is -2.25. The van der Waals surface area contributed by atoms with Crippen LogP contribution in [0.1, 0.15) is 47.7 Å². The second kappa shape index (κ2) is 14.2. The predicted octanol–water partition coefficient (Wildman–Crippen LogP) is 7.49. The third-order valence-electron chi connectivity index (χ3n) is 8.05. The number of ether oxygens (including phenoxy) is 1. The topological polar surface area (TPSA) is 90.5 Å². The van der Waals surface area contributed by atoms with Gasteiger partial charge in [-0.05, 0) is 54.7 Å². The summed E-state index contributed by atoms with van der Waals surface area (Å²) in [4.78, 5) is 7.80. The maximum Gasteiger partial charge on any atom is 0.238 e. The fraction of sp³-hybridized carbons (Fsp3) is 0.270.